The Morgan fingerprint density at radius 1 is 1.41 bits per heavy atom. The number of aromatic amines is 1. The Morgan fingerprint density at radius 3 is 2.64 bits per heavy atom. The van der Waals surface area contributed by atoms with Gasteiger partial charge in [0, 0.05) is 30.2 Å². The molecular formula is C16H25N5O. The maximum atomic E-state index is 12.4. The smallest absolute Gasteiger partial charge is 0.224 e. The molecule has 6 nitrogen and oxygen atoms in total. The van der Waals surface area contributed by atoms with E-state index in [0.29, 0.717) is 13.0 Å². The van der Waals surface area contributed by atoms with E-state index in [1.54, 1.807) is 12.5 Å². The number of aromatic nitrogens is 4. The lowest BCUT2D eigenvalue weighted by Gasteiger charge is -2.31. The second-order valence-electron chi connectivity index (χ2n) is 6.83. The van der Waals surface area contributed by atoms with Crippen molar-refractivity contribution >= 4 is 5.91 Å². The fourth-order valence-corrected chi connectivity index (χ4v) is 2.38. The molecule has 0 unspecified atom stereocenters. The highest BCUT2D eigenvalue weighted by atomic mass is 16.1. The van der Waals surface area contributed by atoms with E-state index in [9.17, 15) is 4.79 Å². The van der Waals surface area contributed by atoms with Gasteiger partial charge in [-0.05, 0) is 19.3 Å². The zero-order chi connectivity index (χ0) is 16.3. The third-order valence-corrected chi connectivity index (χ3v) is 3.95. The van der Waals surface area contributed by atoms with Gasteiger partial charge in [-0.3, -0.25) is 9.89 Å². The summed E-state index contributed by atoms with van der Waals surface area (Å²) in [4.78, 5) is 16.5. The van der Waals surface area contributed by atoms with Crippen molar-refractivity contribution in [3.05, 3.63) is 35.7 Å². The molecule has 6 heteroatoms. The second kappa shape index (κ2) is 6.34. The third kappa shape index (κ3) is 3.96. The number of aryl methyl sites for hydroxylation is 2. The van der Waals surface area contributed by atoms with Crippen molar-refractivity contribution in [1.29, 1.82) is 0 Å². The van der Waals surface area contributed by atoms with Crippen molar-refractivity contribution in [3.8, 4) is 0 Å². The summed E-state index contributed by atoms with van der Waals surface area (Å²) in [5, 5.41) is 10.2. The molecular weight excluding hydrogens is 278 g/mol. The van der Waals surface area contributed by atoms with Crippen LogP contribution in [0.1, 0.15) is 37.7 Å². The van der Waals surface area contributed by atoms with Crippen molar-refractivity contribution in [2.45, 2.75) is 53.6 Å². The normalized spacial score (nSPS) is 13.1. The molecule has 0 bridgehead atoms. The molecule has 0 radical (unpaired) electrons. The average molecular weight is 303 g/mol. The van der Waals surface area contributed by atoms with Crippen LogP contribution in [-0.4, -0.2) is 31.7 Å². The van der Waals surface area contributed by atoms with Gasteiger partial charge in [0.15, 0.2) is 0 Å². The number of carbonyl (C=O) groups excluding carboxylic acids is 1. The van der Waals surface area contributed by atoms with Crippen molar-refractivity contribution in [3.63, 3.8) is 0 Å². The van der Waals surface area contributed by atoms with E-state index in [-0.39, 0.29) is 17.4 Å². The van der Waals surface area contributed by atoms with Crippen LogP contribution in [0.2, 0.25) is 0 Å². The predicted molar refractivity (Wildman–Crippen MR) is 85.4 cm³/mol. The summed E-state index contributed by atoms with van der Waals surface area (Å²) in [7, 11) is 0. The highest BCUT2D eigenvalue weighted by molar-refractivity contribution is 5.79. The van der Waals surface area contributed by atoms with Crippen molar-refractivity contribution in [1.82, 2.24) is 25.1 Å². The van der Waals surface area contributed by atoms with Gasteiger partial charge < -0.3 is 9.88 Å². The van der Waals surface area contributed by atoms with Crippen molar-refractivity contribution in [2.75, 3.05) is 0 Å². The highest BCUT2D eigenvalue weighted by Gasteiger charge is 2.27. The Balaban J connectivity index is 2.05. The minimum absolute atomic E-state index is 0.0210. The summed E-state index contributed by atoms with van der Waals surface area (Å²) in [5.41, 5.74) is 2.78. The van der Waals surface area contributed by atoms with Gasteiger partial charge in [0.2, 0.25) is 5.91 Å². The molecule has 1 atom stereocenters. The summed E-state index contributed by atoms with van der Waals surface area (Å²) in [5.74, 6) is 0.0210. The lowest BCUT2D eigenvalue weighted by Crippen LogP contribution is -2.46. The molecule has 0 aliphatic heterocycles. The Hall–Kier alpha value is -2.11. The maximum absolute atomic E-state index is 12.4. The topological polar surface area (TPSA) is 75.6 Å². The Kier molecular flexibility index (Phi) is 4.68. The summed E-state index contributed by atoms with van der Waals surface area (Å²) < 4.78 is 1.99. The van der Waals surface area contributed by atoms with E-state index in [1.165, 1.54) is 0 Å². The third-order valence-electron chi connectivity index (χ3n) is 3.95. The number of rotatable bonds is 5. The molecule has 0 aromatic carbocycles. The fraction of sp³-hybridized carbons (Fsp3) is 0.562. The molecule has 2 aromatic heterocycles. The molecule has 2 N–H and O–H groups in total. The average Bonchev–Trinajstić information content (AvgIpc) is 3.02. The van der Waals surface area contributed by atoms with E-state index in [0.717, 1.165) is 17.0 Å². The molecule has 22 heavy (non-hydrogen) atoms. The van der Waals surface area contributed by atoms with E-state index < -0.39 is 0 Å². The molecule has 0 aliphatic rings. The Bertz CT molecular complexity index is 602. The molecule has 0 saturated carbocycles. The summed E-state index contributed by atoms with van der Waals surface area (Å²) in [6.45, 7) is 10.9. The van der Waals surface area contributed by atoms with Crippen molar-refractivity contribution < 1.29 is 4.79 Å². The van der Waals surface area contributed by atoms with Crippen LogP contribution in [0.4, 0.5) is 0 Å². The molecule has 2 rings (SSSR count). The zero-order valence-corrected chi connectivity index (χ0v) is 14.0. The largest absolute Gasteiger partial charge is 0.351 e. The summed E-state index contributed by atoms with van der Waals surface area (Å²) in [6, 6.07) is 0.0294. The molecule has 0 fully saturated rings. The summed E-state index contributed by atoms with van der Waals surface area (Å²) >= 11 is 0. The first-order chi connectivity index (χ1) is 10.3. The molecule has 2 heterocycles. The number of nitrogens with zero attached hydrogens (tertiary/aromatic N) is 3. The number of hydrogen-bond acceptors (Lipinski definition) is 3. The van der Waals surface area contributed by atoms with Gasteiger partial charge in [0.1, 0.15) is 0 Å². The molecule has 0 spiro atoms. The fourth-order valence-electron chi connectivity index (χ4n) is 2.38. The SMILES string of the molecule is Cc1n[nH]c(C)c1CC(=O)N[C@@H](Cn1ccnc1)C(C)(C)C. The standard InChI is InChI=1S/C16H25N5O/c1-11-13(12(2)20-19-11)8-15(22)18-14(16(3,4)5)9-21-7-6-17-10-21/h6-7,10,14H,8-9H2,1-5H3,(H,18,22)(H,19,20)/t14-/m0/s1. The minimum atomic E-state index is -0.0413. The number of imidazole rings is 1. The van der Waals surface area contributed by atoms with Crippen LogP contribution < -0.4 is 5.32 Å². The monoisotopic (exact) mass is 303 g/mol. The lowest BCUT2D eigenvalue weighted by molar-refractivity contribution is -0.122. The molecule has 120 valence electrons. The van der Waals surface area contributed by atoms with Crippen LogP contribution in [0.3, 0.4) is 0 Å². The molecule has 0 saturated heterocycles. The minimum Gasteiger partial charge on any atom is -0.351 e. The quantitative estimate of drug-likeness (QED) is 0.887. The number of carbonyl (C=O) groups is 1. The molecule has 1 amide bonds. The van der Waals surface area contributed by atoms with Gasteiger partial charge in [0.25, 0.3) is 0 Å². The second-order valence-corrected chi connectivity index (χ2v) is 6.83. The van der Waals surface area contributed by atoms with E-state index >= 15 is 0 Å². The first-order valence-corrected chi connectivity index (χ1v) is 7.53. The predicted octanol–water partition coefficient (Wildman–Crippen LogP) is 2.00. The van der Waals surface area contributed by atoms with Crippen LogP contribution >= 0.6 is 0 Å². The molecule has 2 aromatic rings. The van der Waals surface area contributed by atoms with Gasteiger partial charge in [-0.25, -0.2) is 4.98 Å². The zero-order valence-electron chi connectivity index (χ0n) is 14.0. The van der Waals surface area contributed by atoms with Crippen LogP contribution in [0, 0.1) is 19.3 Å². The van der Waals surface area contributed by atoms with Crippen molar-refractivity contribution in [2.24, 2.45) is 5.41 Å². The van der Waals surface area contributed by atoms with Crippen LogP contribution in [0.5, 0.6) is 0 Å². The van der Waals surface area contributed by atoms with Crippen LogP contribution in [0.15, 0.2) is 18.7 Å². The van der Waals surface area contributed by atoms with Gasteiger partial charge >= 0.3 is 0 Å². The Labute approximate surface area is 131 Å². The highest BCUT2D eigenvalue weighted by Crippen LogP contribution is 2.21. The van der Waals surface area contributed by atoms with E-state index in [1.807, 2.05) is 24.6 Å². The van der Waals surface area contributed by atoms with Crippen LogP contribution in [-0.2, 0) is 17.8 Å². The first kappa shape index (κ1) is 16.3. The molecule has 0 aliphatic carbocycles. The van der Waals surface area contributed by atoms with Gasteiger partial charge in [-0.1, -0.05) is 20.8 Å². The maximum Gasteiger partial charge on any atom is 0.224 e. The van der Waals surface area contributed by atoms with Gasteiger partial charge in [-0.2, -0.15) is 5.10 Å². The van der Waals surface area contributed by atoms with Gasteiger partial charge in [-0.15, -0.1) is 0 Å². The number of H-pyrrole nitrogens is 1. The lowest BCUT2D eigenvalue weighted by atomic mass is 9.86. The number of amides is 1. The number of hydrogen-bond donors (Lipinski definition) is 2. The summed E-state index contributed by atoms with van der Waals surface area (Å²) in [6.07, 6.45) is 5.79. The number of nitrogens with one attached hydrogen (secondary N) is 2. The van der Waals surface area contributed by atoms with Gasteiger partial charge in [0.05, 0.1) is 24.5 Å². The first-order valence-electron chi connectivity index (χ1n) is 7.53. The van der Waals surface area contributed by atoms with Crippen LogP contribution in [0.25, 0.3) is 0 Å². The van der Waals surface area contributed by atoms with E-state index in [2.05, 4.69) is 41.3 Å². The van der Waals surface area contributed by atoms with E-state index in [4.69, 9.17) is 0 Å². The Morgan fingerprint density at radius 2 is 2.14 bits per heavy atom.